The summed E-state index contributed by atoms with van der Waals surface area (Å²) in [5.74, 6) is 0.672. The average Bonchev–Trinajstić information content (AvgIpc) is 3.06. The Morgan fingerprint density at radius 3 is 2.74 bits per heavy atom. The fraction of sp³-hybridized carbons (Fsp3) is 0.0556. The zero-order chi connectivity index (χ0) is 19.0. The highest BCUT2D eigenvalue weighted by atomic mass is 16.6. The van der Waals surface area contributed by atoms with Gasteiger partial charge < -0.3 is 9.72 Å². The van der Waals surface area contributed by atoms with Crippen LogP contribution in [-0.4, -0.2) is 32.9 Å². The second kappa shape index (κ2) is 6.37. The van der Waals surface area contributed by atoms with Crippen molar-refractivity contribution in [1.29, 1.82) is 0 Å². The van der Waals surface area contributed by atoms with Gasteiger partial charge in [0.05, 0.1) is 23.8 Å². The first kappa shape index (κ1) is 16.5. The molecule has 4 rings (SSSR count). The minimum Gasteiger partial charge on any atom is -0.497 e. The summed E-state index contributed by atoms with van der Waals surface area (Å²) in [6, 6.07) is 11.3. The third kappa shape index (κ3) is 2.91. The van der Waals surface area contributed by atoms with Crippen LogP contribution in [0.2, 0.25) is 0 Å². The normalized spacial score (nSPS) is 11.4. The van der Waals surface area contributed by atoms with E-state index in [4.69, 9.17) is 4.74 Å². The molecule has 0 radical (unpaired) electrons. The third-order valence-electron chi connectivity index (χ3n) is 4.13. The number of methoxy groups -OCH3 is 1. The van der Waals surface area contributed by atoms with Crippen LogP contribution < -0.4 is 10.3 Å². The molecule has 1 N–H and O–H groups in total. The number of non-ortho nitro benzene ring substituents is 1. The second-order valence-electron chi connectivity index (χ2n) is 5.75. The number of ether oxygens (including phenoxy) is 1. The first-order valence-corrected chi connectivity index (χ1v) is 7.93. The molecule has 9 heteroatoms. The van der Waals surface area contributed by atoms with Crippen LogP contribution in [0.1, 0.15) is 5.56 Å². The predicted octanol–water partition coefficient (Wildman–Crippen LogP) is 2.68. The fourth-order valence-electron chi connectivity index (χ4n) is 2.75. The Balaban J connectivity index is 1.74. The topological polar surface area (TPSA) is 115 Å². The molecule has 134 valence electrons. The smallest absolute Gasteiger partial charge is 0.298 e. The Kier molecular flexibility index (Phi) is 3.88. The molecule has 0 atom stereocenters. The van der Waals surface area contributed by atoms with Gasteiger partial charge in [-0.05, 0) is 29.8 Å². The van der Waals surface area contributed by atoms with Crippen LogP contribution in [0.15, 0.2) is 58.7 Å². The molecule has 0 bridgehead atoms. The number of H-pyrrole nitrogens is 1. The van der Waals surface area contributed by atoms with E-state index in [0.29, 0.717) is 22.3 Å². The third-order valence-corrected chi connectivity index (χ3v) is 4.13. The van der Waals surface area contributed by atoms with Gasteiger partial charge in [-0.2, -0.15) is 9.78 Å². The van der Waals surface area contributed by atoms with Crippen LogP contribution in [0.25, 0.3) is 21.9 Å². The maximum Gasteiger partial charge on any atom is 0.298 e. The maximum atomic E-state index is 12.7. The number of benzene rings is 2. The summed E-state index contributed by atoms with van der Waals surface area (Å²) in [5, 5.41) is 15.6. The highest BCUT2D eigenvalue weighted by molar-refractivity contribution is 6.04. The molecule has 0 spiro atoms. The summed E-state index contributed by atoms with van der Waals surface area (Å²) < 4.78 is 6.30. The molecule has 9 nitrogen and oxygen atoms in total. The standard InChI is InChI=1S/C18H13N5O4/c1-27-13-6-7-14-15(8-13)21-17-16(14)19-10-22(18(17)24)20-9-11-2-4-12(5-3-11)23(25)26/h2-10,21H,1H3. The Bertz CT molecular complexity index is 1250. The largest absolute Gasteiger partial charge is 0.497 e. The molecule has 0 aliphatic carbocycles. The molecular weight excluding hydrogens is 350 g/mol. The summed E-state index contributed by atoms with van der Waals surface area (Å²) in [6.07, 6.45) is 2.77. The maximum absolute atomic E-state index is 12.7. The Morgan fingerprint density at radius 1 is 1.26 bits per heavy atom. The number of hydrogen-bond donors (Lipinski definition) is 1. The number of nitrogens with zero attached hydrogens (tertiary/aromatic N) is 4. The van der Waals surface area contributed by atoms with Gasteiger partial charge in [0.15, 0.2) is 0 Å². The molecule has 2 aromatic carbocycles. The minimum atomic E-state index is -0.478. The number of nitro benzene ring substituents is 1. The number of nitrogens with one attached hydrogen (secondary N) is 1. The van der Waals surface area contributed by atoms with Gasteiger partial charge in [-0.25, -0.2) is 4.98 Å². The highest BCUT2D eigenvalue weighted by Crippen LogP contribution is 2.25. The van der Waals surface area contributed by atoms with Crippen molar-refractivity contribution < 1.29 is 9.66 Å². The lowest BCUT2D eigenvalue weighted by atomic mass is 10.2. The Hall–Kier alpha value is -4.01. The highest BCUT2D eigenvalue weighted by Gasteiger charge is 2.11. The van der Waals surface area contributed by atoms with Gasteiger partial charge in [-0.1, -0.05) is 0 Å². The van der Waals surface area contributed by atoms with Crippen LogP contribution in [0.5, 0.6) is 5.75 Å². The van der Waals surface area contributed by atoms with Gasteiger partial charge in [0.25, 0.3) is 11.2 Å². The van der Waals surface area contributed by atoms with Crippen LogP contribution in [0.4, 0.5) is 5.69 Å². The Labute approximate surface area is 151 Å². The van der Waals surface area contributed by atoms with Crippen molar-refractivity contribution in [3.8, 4) is 5.75 Å². The molecule has 0 saturated carbocycles. The lowest BCUT2D eigenvalue weighted by molar-refractivity contribution is -0.384. The van der Waals surface area contributed by atoms with Crippen molar-refractivity contribution in [3.05, 3.63) is 74.8 Å². The first-order valence-electron chi connectivity index (χ1n) is 7.93. The molecule has 27 heavy (non-hydrogen) atoms. The SMILES string of the molecule is COc1ccc2c(c1)[nH]c1c(=O)n(N=Cc3ccc([N+](=O)[O-])cc3)cnc12. The molecule has 2 aromatic heterocycles. The first-order chi connectivity index (χ1) is 13.1. The van der Waals surface area contributed by atoms with E-state index in [2.05, 4.69) is 15.1 Å². The molecular formula is C18H13N5O4. The van der Waals surface area contributed by atoms with E-state index in [1.54, 1.807) is 31.4 Å². The van der Waals surface area contributed by atoms with Crippen molar-refractivity contribution in [3.63, 3.8) is 0 Å². The summed E-state index contributed by atoms with van der Waals surface area (Å²) in [5.41, 5.74) is 1.88. The van der Waals surface area contributed by atoms with Crippen molar-refractivity contribution in [2.45, 2.75) is 0 Å². The van der Waals surface area contributed by atoms with Crippen LogP contribution in [0, 0.1) is 10.1 Å². The molecule has 2 heterocycles. The van der Waals surface area contributed by atoms with E-state index < -0.39 is 4.92 Å². The second-order valence-corrected chi connectivity index (χ2v) is 5.75. The number of aromatic amines is 1. The van der Waals surface area contributed by atoms with Gasteiger partial charge in [-0.3, -0.25) is 14.9 Å². The van der Waals surface area contributed by atoms with Gasteiger partial charge >= 0.3 is 0 Å². The van der Waals surface area contributed by atoms with Crippen molar-refractivity contribution in [1.82, 2.24) is 14.6 Å². The molecule has 0 unspecified atom stereocenters. The molecule has 0 fully saturated rings. The molecule has 4 aromatic rings. The van der Waals surface area contributed by atoms with E-state index in [1.165, 1.54) is 24.7 Å². The number of rotatable bonds is 4. The summed E-state index contributed by atoms with van der Waals surface area (Å²) >= 11 is 0. The van der Waals surface area contributed by atoms with E-state index in [9.17, 15) is 14.9 Å². The summed E-state index contributed by atoms with van der Waals surface area (Å²) in [7, 11) is 1.57. The van der Waals surface area contributed by atoms with Gasteiger partial charge in [0.1, 0.15) is 23.1 Å². The van der Waals surface area contributed by atoms with Crippen LogP contribution >= 0.6 is 0 Å². The number of hydrogen-bond acceptors (Lipinski definition) is 6. The predicted molar refractivity (Wildman–Crippen MR) is 101 cm³/mol. The average molecular weight is 363 g/mol. The monoisotopic (exact) mass is 363 g/mol. The number of nitro groups is 1. The zero-order valence-electron chi connectivity index (χ0n) is 14.1. The lowest BCUT2D eigenvalue weighted by Crippen LogP contribution is -2.17. The van der Waals surface area contributed by atoms with Crippen LogP contribution in [0.3, 0.4) is 0 Å². The summed E-state index contributed by atoms with van der Waals surface area (Å²) in [4.78, 5) is 30.3. The summed E-state index contributed by atoms with van der Waals surface area (Å²) in [6.45, 7) is 0. The molecule has 0 amide bonds. The number of fused-ring (bicyclic) bond motifs is 3. The minimum absolute atomic E-state index is 0.0130. The zero-order valence-corrected chi connectivity index (χ0v) is 14.1. The van der Waals surface area contributed by atoms with Gasteiger partial charge in [0, 0.05) is 23.6 Å². The van der Waals surface area contributed by atoms with E-state index in [0.717, 1.165) is 15.6 Å². The number of aromatic nitrogens is 3. The molecule has 0 aliphatic heterocycles. The van der Waals surface area contributed by atoms with Crippen molar-refractivity contribution >= 4 is 33.8 Å². The van der Waals surface area contributed by atoms with Crippen molar-refractivity contribution in [2.75, 3.05) is 7.11 Å². The fourth-order valence-corrected chi connectivity index (χ4v) is 2.75. The van der Waals surface area contributed by atoms with Crippen molar-refractivity contribution in [2.24, 2.45) is 5.10 Å². The van der Waals surface area contributed by atoms with E-state index in [-0.39, 0.29) is 11.2 Å². The molecule has 0 saturated heterocycles. The lowest BCUT2D eigenvalue weighted by Gasteiger charge is -1.98. The van der Waals surface area contributed by atoms with Gasteiger partial charge in [-0.15, -0.1) is 0 Å². The van der Waals surface area contributed by atoms with Gasteiger partial charge in [0.2, 0.25) is 0 Å². The van der Waals surface area contributed by atoms with E-state index in [1.807, 2.05) is 6.07 Å². The van der Waals surface area contributed by atoms with Crippen LogP contribution in [-0.2, 0) is 0 Å². The quantitative estimate of drug-likeness (QED) is 0.340. The Morgan fingerprint density at radius 2 is 2.04 bits per heavy atom. The molecule has 0 aliphatic rings. The van der Waals surface area contributed by atoms with E-state index >= 15 is 0 Å².